The fourth-order valence-electron chi connectivity index (χ4n) is 2.18. The van der Waals surface area contributed by atoms with Crippen molar-refractivity contribution in [2.45, 2.75) is 52.6 Å². The number of thiazole rings is 1. The number of carbonyl (C=O) groups is 1. The molecule has 0 saturated heterocycles. The van der Waals surface area contributed by atoms with Gasteiger partial charge < -0.3 is 15.3 Å². The van der Waals surface area contributed by atoms with Crippen molar-refractivity contribution in [3.63, 3.8) is 0 Å². The van der Waals surface area contributed by atoms with E-state index in [0.29, 0.717) is 5.13 Å². The molecule has 0 unspecified atom stereocenters. The zero-order chi connectivity index (χ0) is 18.8. The van der Waals surface area contributed by atoms with Gasteiger partial charge in [0.15, 0.2) is 5.13 Å². The van der Waals surface area contributed by atoms with E-state index in [1.165, 1.54) is 11.3 Å². The van der Waals surface area contributed by atoms with Gasteiger partial charge in [0.25, 0.3) is 0 Å². The molecule has 1 aliphatic heterocycles. The maximum absolute atomic E-state index is 12.0. The minimum Gasteiger partial charge on any atom is -0.394 e. The van der Waals surface area contributed by atoms with Gasteiger partial charge in [-0.3, -0.25) is 5.32 Å². The van der Waals surface area contributed by atoms with Gasteiger partial charge in [-0.05, 0) is 47.6 Å². The minimum atomic E-state index is -0.689. The van der Waals surface area contributed by atoms with Gasteiger partial charge in [-0.15, -0.1) is 0 Å². The second-order valence-corrected chi connectivity index (χ2v) is 8.71. The summed E-state index contributed by atoms with van der Waals surface area (Å²) >= 11 is 1.39. The maximum atomic E-state index is 12.0. The normalized spacial score (nSPS) is 15.2. The molecule has 7 nitrogen and oxygen atoms in total. The van der Waals surface area contributed by atoms with E-state index in [1.807, 2.05) is 13.3 Å². The van der Waals surface area contributed by atoms with Crippen LogP contribution in [0.3, 0.4) is 0 Å². The fourth-order valence-corrected chi connectivity index (χ4v) is 3.13. The van der Waals surface area contributed by atoms with Crippen LogP contribution in [0.5, 0.6) is 0 Å². The number of aliphatic imine (C=N–C) groups is 1. The molecule has 25 heavy (non-hydrogen) atoms. The van der Waals surface area contributed by atoms with Crippen LogP contribution in [0.1, 0.15) is 45.2 Å². The van der Waals surface area contributed by atoms with Crippen molar-refractivity contribution in [3.05, 3.63) is 16.6 Å². The fraction of sp³-hybridized carbons (Fsp3) is 0.588. The summed E-state index contributed by atoms with van der Waals surface area (Å²) < 4.78 is 0. The van der Waals surface area contributed by atoms with E-state index in [1.54, 1.807) is 13.8 Å². The Bertz CT molecular complexity index is 700. The number of aryl methyl sites for hydroxylation is 1. The van der Waals surface area contributed by atoms with E-state index < -0.39 is 5.54 Å². The van der Waals surface area contributed by atoms with Crippen LogP contribution in [-0.2, 0) is 0 Å². The van der Waals surface area contributed by atoms with Crippen LogP contribution in [0, 0.1) is 6.92 Å². The largest absolute Gasteiger partial charge is 0.394 e. The summed E-state index contributed by atoms with van der Waals surface area (Å²) in [6.07, 6.45) is 3.93. The Morgan fingerprint density at radius 1 is 1.36 bits per heavy atom. The third kappa shape index (κ3) is 5.02. The third-order valence-electron chi connectivity index (χ3n) is 3.78. The summed E-state index contributed by atoms with van der Waals surface area (Å²) in [5, 5.41) is 15.2. The third-order valence-corrected chi connectivity index (χ3v) is 4.87. The summed E-state index contributed by atoms with van der Waals surface area (Å²) in [6, 6.07) is -0.389. The Hall–Kier alpha value is -1.93. The Balaban J connectivity index is 2.07. The second-order valence-electron chi connectivity index (χ2n) is 7.71. The number of rotatable bonds is 4. The van der Waals surface area contributed by atoms with Crippen molar-refractivity contribution in [1.82, 2.24) is 15.2 Å². The van der Waals surface area contributed by atoms with Crippen molar-refractivity contribution >= 4 is 34.5 Å². The summed E-state index contributed by atoms with van der Waals surface area (Å²) in [4.78, 5) is 24.1. The summed E-state index contributed by atoms with van der Waals surface area (Å²) in [7, 11) is 0. The highest BCUT2D eigenvalue weighted by atomic mass is 32.1. The van der Waals surface area contributed by atoms with Crippen LogP contribution in [-0.4, -0.2) is 51.6 Å². The highest BCUT2D eigenvalue weighted by molar-refractivity contribution is 7.17. The molecule has 1 aromatic rings. The molecule has 0 aliphatic carbocycles. The molecule has 138 valence electrons. The van der Waals surface area contributed by atoms with Crippen LogP contribution < -0.4 is 10.6 Å². The van der Waals surface area contributed by atoms with Gasteiger partial charge in [0.2, 0.25) is 0 Å². The summed E-state index contributed by atoms with van der Waals surface area (Å²) in [5.41, 5.74) is 1.04. The molecule has 2 rings (SSSR count). The number of nitrogens with one attached hydrogen (secondary N) is 2. The van der Waals surface area contributed by atoms with Crippen molar-refractivity contribution in [1.29, 1.82) is 0 Å². The topological polar surface area (TPSA) is 89.8 Å². The van der Waals surface area contributed by atoms with Gasteiger partial charge in [-0.1, -0.05) is 11.3 Å². The number of hydrogen-bond acceptors (Lipinski definition) is 6. The van der Waals surface area contributed by atoms with E-state index in [-0.39, 0.29) is 18.2 Å². The standard InChI is InChI=1S/C17H27N5O2S/c1-11-13(12-7-8-22(10-18-12)16(2,3)4)25-15(19-11)20-14(24)21-17(5,6)9-23/h7,10,23H,8-9H2,1-6H3,(H2,19,20,21,24). The maximum Gasteiger partial charge on any atom is 0.321 e. The number of aliphatic hydroxyl groups excluding tert-OH is 1. The predicted molar refractivity (Wildman–Crippen MR) is 103 cm³/mol. The second kappa shape index (κ2) is 7.13. The summed E-state index contributed by atoms with van der Waals surface area (Å²) in [5.74, 6) is 0. The molecule has 0 aromatic carbocycles. The van der Waals surface area contributed by atoms with Crippen LogP contribution in [0.25, 0.3) is 5.70 Å². The van der Waals surface area contributed by atoms with Gasteiger partial charge in [0.1, 0.15) is 0 Å². The van der Waals surface area contributed by atoms with Crippen molar-refractivity contribution in [3.8, 4) is 0 Å². The van der Waals surface area contributed by atoms with E-state index in [9.17, 15) is 9.90 Å². The molecule has 1 aliphatic rings. The average molecular weight is 366 g/mol. The molecule has 8 heteroatoms. The van der Waals surface area contributed by atoms with E-state index in [0.717, 1.165) is 22.8 Å². The first kappa shape index (κ1) is 19.4. The number of anilines is 1. The smallest absolute Gasteiger partial charge is 0.321 e. The molecule has 3 N–H and O–H groups in total. The average Bonchev–Trinajstić information content (AvgIpc) is 2.86. The van der Waals surface area contributed by atoms with E-state index >= 15 is 0 Å². The van der Waals surface area contributed by atoms with E-state index in [2.05, 4.69) is 52.4 Å². The molecule has 2 amide bonds. The number of nitrogens with zero attached hydrogens (tertiary/aromatic N) is 3. The SMILES string of the molecule is Cc1nc(NC(=O)NC(C)(C)CO)sc1C1=CCN(C(C)(C)C)C=N1. The zero-order valence-electron chi connectivity index (χ0n) is 15.7. The molecule has 0 spiro atoms. The number of carbonyl (C=O) groups excluding carboxylic acids is 1. The number of aromatic nitrogens is 1. The first-order valence-electron chi connectivity index (χ1n) is 8.21. The van der Waals surface area contributed by atoms with Gasteiger partial charge in [-0.25, -0.2) is 14.8 Å². The Morgan fingerprint density at radius 3 is 2.56 bits per heavy atom. The highest BCUT2D eigenvalue weighted by Gasteiger charge is 2.23. The van der Waals surface area contributed by atoms with Gasteiger partial charge in [0.05, 0.1) is 34.8 Å². The molecule has 0 bridgehead atoms. The molecule has 0 radical (unpaired) electrons. The Labute approximate surface area is 152 Å². The summed E-state index contributed by atoms with van der Waals surface area (Å²) in [6.45, 7) is 12.5. The predicted octanol–water partition coefficient (Wildman–Crippen LogP) is 2.83. The van der Waals surface area contributed by atoms with Crippen molar-refractivity contribution in [2.24, 2.45) is 4.99 Å². The zero-order valence-corrected chi connectivity index (χ0v) is 16.5. The first-order valence-corrected chi connectivity index (χ1v) is 9.02. The number of hydrogen-bond donors (Lipinski definition) is 3. The molecular formula is C17H27N5O2S. The lowest BCUT2D eigenvalue weighted by Crippen LogP contribution is -2.48. The van der Waals surface area contributed by atoms with Crippen LogP contribution in [0.2, 0.25) is 0 Å². The molecule has 1 aromatic heterocycles. The van der Waals surface area contributed by atoms with Gasteiger partial charge >= 0.3 is 6.03 Å². The highest BCUT2D eigenvalue weighted by Crippen LogP contribution is 2.31. The van der Waals surface area contributed by atoms with Crippen LogP contribution in [0.15, 0.2) is 11.1 Å². The monoisotopic (exact) mass is 365 g/mol. The lowest BCUT2D eigenvalue weighted by atomic mass is 10.1. The lowest BCUT2D eigenvalue weighted by molar-refractivity contribution is 0.187. The molecule has 0 saturated carbocycles. The van der Waals surface area contributed by atoms with Crippen molar-refractivity contribution < 1.29 is 9.90 Å². The Morgan fingerprint density at radius 2 is 2.04 bits per heavy atom. The minimum absolute atomic E-state index is 0.0264. The van der Waals surface area contributed by atoms with Crippen molar-refractivity contribution in [2.75, 3.05) is 18.5 Å². The quantitative estimate of drug-likeness (QED) is 0.765. The van der Waals surface area contributed by atoms with E-state index in [4.69, 9.17) is 0 Å². The number of amides is 2. The first-order chi connectivity index (χ1) is 11.5. The van der Waals surface area contributed by atoms with Crippen LogP contribution >= 0.6 is 11.3 Å². The molecule has 2 heterocycles. The van der Waals surface area contributed by atoms with Gasteiger partial charge in [-0.2, -0.15) is 0 Å². The molecule has 0 fully saturated rings. The Kier molecular flexibility index (Phi) is 5.53. The molecule has 0 atom stereocenters. The van der Waals surface area contributed by atoms with Crippen LogP contribution in [0.4, 0.5) is 9.93 Å². The molecular weight excluding hydrogens is 338 g/mol. The number of aliphatic hydroxyl groups is 1. The van der Waals surface area contributed by atoms with Gasteiger partial charge in [0, 0.05) is 12.1 Å². The number of urea groups is 1. The lowest BCUT2D eigenvalue weighted by Gasteiger charge is -2.34.